The summed E-state index contributed by atoms with van der Waals surface area (Å²) in [7, 11) is 6.52. The zero-order chi connectivity index (χ0) is 26.7. The van der Waals surface area contributed by atoms with Gasteiger partial charge in [-0.25, -0.2) is 0 Å². The van der Waals surface area contributed by atoms with Crippen molar-refractivity contribution in [3.63, 3.8) is 0 Å². The lowest BCUT2D eigenvalue weighted by Crippen LogP contribution is -2.06. The van der Waals surface area contributed by atoms with Crippen molar-refractivity contribution in [3.8, 4) is 29.1 Å². The quantitative estimate of drug-likeness (QED) is 0.163. The smallest absolute Gasteiger partial charge is 0.161 e. The molecule has 0 heterocycles. The van der Waals surface area contributed by atoms with E-state index in [1.165, 1.54) is 12.0 Å². The summed E-state index contributed by atoms with van der Waals surface area (Å²) in [5.74, 6) is 2.86. The molecule has 202 valence electrons. The van der Waals surface area contributed by atoms with Gasteiger partial charge in [0.05, 0.1) is 47.7 Å². The third-order valence-corrected chi connectivity index (χ3v) is 5.95. The molecule has 37 heavy (non-hydrogen) atoms. The molecule has 0 radical (unpaired) electrons. The predicted molar refractivity (Wildman–Crippen MR) is 146 cm³/mol. The highest BCUT2D eigenvalue weighted by molar-refractivity contribution is 5.60. The summed E-state index contributed by atoms with van der Waals surface area (Å²) in [5.41, 5.74) is 2.88. The van der Waals surface area contributed by atoms with Crippen molar-refractivity contribution in [2.24, 2.45) is 0 Å². The van der Waals surface area contributed by atoms with Crippen molar-refractivity contribution >= 4 is 6.08 Å². The maximum Gasteiger partial charge on any atom is 0.161 e. The summed E-state index contributed by atoms with van der Waals surface area (Å²) in [6.45, 7) is 2.52. The van der Waals surface area contributed by atoms with Crippen LogP contribution in [-0.2, 0) is 15.9 Å². The van der Waals surface area contributed by atoms with Crippen LogP contribution in [0, 0.1) is 11.3 Å². The van der Waals surface area contributed by atoms with E-state index in [1.807, 2.05) is 30.3 Å². The van der Waals surface area contributed by atoms with E-state index in [4.69, 9.17) is 28.4 Å². The molecular formula is C30H41NO6. The molecule has 0 unspecified atom stereocenters. The first kappa shape index (κ1) is 30.0. The summed E-state index contributed by atoms with van der Waals surface area (Å²) in [6.07, 6.45) is 8.87. The minimum atomic E-state index is 0.570. The number of rotatable bonds is 19. The lowest BCUT2D eigenvalue weighted by atomic mass is 10.1. The van der Waals surface area contributed by atoms with Gasteiger partial charge in [0.2, 0.25) is 0 Å². The Balaban J connectivity index is 1.49. The van der Waals surface area contributed by atoms with Gasteiger partial charge in [-0.05, 0) is 73.6 Å². The van der Waals surface area contributed by atoms with Crippen molar-refractivity contribution in [3.05, 3.63) is 53.1 Å². The van der Waals surface area contributed by atoms with Gasteiger partial charge < -0.3 is 28.4 Å². The molecule has 0 saturated carbocycles. The molecule has 0 amide bonds. The number of benzene rings is 2. The summed E-state index contributed by atoms with van der Waals surface area (Å²) < 4.78 is 32.6. The number of ether oxygens (including phenoxy) is 6. The van der Waals surface area contributed by atoms with E-state index < -0.39 is 0 Å². The molecule has 0 saturated heterocycles. The van der Waals surface area contributed by atoms with Gasteiger partial charge in [-0.1, -0.05) is 25.0 Å². The van der Waals surface area contributed by atoms with E-state index >= 15 is 0 Å². The monoisotopic (exact) mass is 511 g/mol. The molecule has 0 spiro atoms. The summed E-state index contributed by atoms with van der Waals surface area (Å²) in [4.78, 5) is 0. The molecule has 0 fully saturated rings. The van der Waals surface area contributed by atoms with Crippen molar-refractivity contribution in [1.82, 2.24) is 0 Å². The van der Waals surface area contributed by atoms with Crippen LogP contribution in [0.15, 0.2) is 42.0 Å². The van der Waals surface area contributed by atoms with Crippen LogP contribution in [0.3, 0.4) is 0 Å². The standard InChI is InChI=1S/C30H41NO6/c1-32-27-14-12-24(21-29(27)34-3)10-7-5-6-8-16-36-18-19-37-17-9-11-26(23-31)20-25-13-15-28(33-2)30(22-25)35-4/h12-15,20-22H,5-11,16-19H2,1-4H3. The molecule has 7 heteroatoms. The fourth-order valence-corrected chi connectivity index (χ4v) is 3.91. The Kier molecular flexibility index (Phi) is 14.7. The van der Waals surface area contributed by atoms with E-state index in [-0.39, 0.29) is 0 Å². The normalized spacial score (nSPS) is 11.2. The highest BCUT2D eigenvalue weighted by Gasteiger charge is 2.06. The van der Waals surface area contributed by atoms with Crippen molar-refractivity contribution < 1.29 is 28.4 Å². The van der Waals surface area contributed by atoms with Gasteiger partial charge in [-0.2, -0.15) is 5.26 Å². The summed E-state index contributed by atoms with van der Waals surface area (Å²) in [6, 6.07) is 14.0. The molecule has 2 aromatic rings. The number of nitriles is 1. The average molecular weight is 512 g/mol. The Morgan fingerprint density at radius 3 is 1.92 bits per heavy atom. The Labute approximate surface area is 221 Å². The van der Waals surface area contributed by atoms with Crippen LogP contribution in [0.2, 0.25) is 0 Å². The molecule has 2 rings (SSSR count). The highest BCUT2D eigenvalue weighted by atomic mass is 16.5. The van der Waals surface area contributed by atoms with Gasteiger partial charge in [-0.3, -0.25) is 0 Å². The lowest BCUT2D eigenvalue weighted by molar-refractivity contribution is 0.0456. The lowest BCUT2D eigenvalue weighted by Gasteiger charge is -2.09. The van der Waals surface area contributed by atoms with Crippen LogP contribution in [0.4, 0.5) is 0 Å². The van der Waals surface area contributed by atoms with Crippen molar-refractivity contribution in [1.29, 1.82) is 5.26 Å². The topological polar surface area (TPSA) is 79.2 Å². The molecule has 2 aromatic carbocycles. The van der Waals surface area contributed by atoms with E-state index in [9.17, 15) is 5.26 Å². The minimum Gasteiger partial charge on any atom is -0.493 e. The first-order chi connectivity index (χ1) is 18.1. The van der Waals surface area contributed by atoms with Crippen LogP contribution in [0.5, 0.6) is 23.0 Å². The summed E-state index contributed by atoms with van der Waals surface area (Å²) >= 11 is 0. The number of allylic oxidation sites excluding steroid dienone is 1. The van der Waals surface area contributed by atoms with Crippen molar-refractivity contribution in [2.75, 3.05) is 54.9 Å². The van der Waals surface area contributed by atoms with Gasteiger partial charge in [0.25, 0.3) is 0 Å². The third-order valence-electron chi connectivity index (χ3n) is 5.95. The van der Waals surface area contributed by atoms with Gasteiger partial charge >= 0.3 is 0 Å². The second kappa shape index (κ2) is 18.1. The molecule has 0 aliphatic rings. The van der Waals surface area contributed by atoms with Gasteiger partial charge in [0.15, 0.2) is 23.0 Å². The van der Waals surface area contributed by atoms with Crippen LogP contribution < -0.4 is 18.9 Å². The zero-order valence-electron chi connectivity index (χ0n) is 22.7. The SMILES string of the molecule is COc1ccc(C=C(C#N)CCCOCCOCCCCCCc2ccc(OC)c(OC)c2)cc1OC. The Morgan fingerprint density at radius 1 is 0.676 bits per heavy atom. The average Bonchev–Trinajstić information content (AvgIpc) is 2.94. The number of unbranched alkanes of at least 4 members (excludes halogenated alkanes) is 3. The van der Waals surface area contributed by atoms with Crippen LogP contribution in [0.25, 0.3) is 6.08 Å². The fourth-order valence-electron chi connectivity index (χ4n) is 3.91. The molecule has 0 N–H and O–H groups in total. The van der Waals surface area contributed by atoms with Gasteiger partial charge in [0, 0.05) is 18.8 Å². The first-order valence-electron chi connectivity index (χ1n) is 12.8. The minimum absolute atomic E-state index is 0.570. The number of hydrogen-bond acceptors (Lipinski definition) is 7. The second-order valence-electron chi connectivity index (χ2n) is 8.58. The molecule has 0 aliphatic heterocycles. The van der Waals surface area contributed by atoms with E-state index in [1.54, 1.807) is 28.4 Å². The highest BCUT2D eigenvalue weighted by Crippen LogP contribution is 2.29. The molecule has 0 aliphatic carbocycles. The van der Waals surface area contributed by atoms with Crippen LogP contribution in [0.1, 0.15) is 49.7 Å². The number of hydrogen-bond donors (Lipinski definition) is 0. The van der Waals surface area contributed by atoms with E-state index in [0.717, 1.165) is 55.8 Å². The largest absolute Gasteiger partial charge is 0.493 e. The van der Waals surface area contributed by atoms with Gasteiger partial charge in [0.1, 0.15) is 0 Å². The van der Waals surface area contributed by atoms with Crippen LogP contribution in [-0.4, -0.2) is 54.9 Å². The van der Waals surface area contributed by atoms with Crippen LogP contribution >= 0.6 is 0 Å². The maximum absolute atomic E-state index is 9.45. The molecule has 0 atom stereocenters. The maximum atomic E-state index is 9.45. The Morgan fingerprint density at radius 2 is 1.27 bits per heavy atom. The number of nitrogens with zero attached hydrogens (tertiary/aromatic N) is 1. The number of methoxy groups -OCH3 is 4. The molecular weight excluding hydrogens is 470 g/mol. The molecule has 7 nitrogen and oxygen atoms in total. The fraction of sp³-hybridized carbons (Fsp3) is 0.500. The van der Waals surface area contributed by atoms with E-state index in [0.29, 0.717) is 43.3 Å². The number of aryl methyl sites for hydroxylation is 1. The third kappa shape index (κ3) is 11.2. The molecule has 0 bridgehead atoms. The van der Waals surface area contributed by atoms with Crippen molar-refractivity contribution in [2.45, 2.75) is 44.9 Å². The van der Waals surface area contributed by atoms with Gasteiger partial charge in [-0.15, -0.1) is 0 Å². The Bertz CT molecular complexity index is 998. The predicted octanol–water partition coefficient (Wildman–Crippen LogP) is 6.24. The first-order valence-corrected chi connectivity index (χ1v) is 12.8. The zero-order valence-corrected chi connectivity index (χ0v) is 22.7. The summed E-state index contributed by atoms with van der Waals surface area (Å²) in [5, 5.41) is 9.45. The Hall–Kier alpha value is -3.21. The molecule has 0 aromatic heterocycles. The van der Waals surface area contributed by atoms with E-state index in [2.05, 4.69) is 18.2 Å². The second-order valence-corrected chi connectivity index (χ2v) is 8.58.